The van der Waals surface area contributed by atoms with E-state index in [-0.39, 0.29) is 30.0 Å². The van der Waals surface area contributed by atoms with Gasteiger partial charge in [0.2, 0.25) is 17.7 Å². The first-order chi connectivity index (χ1) is 14.4. The molecule has 0 radical (unpaired) electrons. The van der Waals surface area contributed by atoms with Crippen molar-refractivity contribution in [1.82, 2.24) is 16.0 Å². The molecule has 2 heterocycles. The Labute approximate surface area is 172 Å². The van der Waals surface area contributed by atoms with Gasteiger partial charge in [-0.2, -0.15) is 0 Å². The average Bonchev–Trinajstić information content (AvgIpc) is 2.70. The molecule has 4 atom stereocenters. The van der Waals surface area contributed by atoms with Gasteiger partial charge in [0.15, 0.2) is 6.29 Å². The lowest BCUT2D eigenvalue weighted by molar-refractivity contribution is -0.144. The van der Waals surface area contributed by atoms with Crippen LogP contribution in [0.1, 0.15) is 12.0 Å². The zero-order chi connectivity index (χ0) is 21.3. The Kier molecular flexibility index (Phi) is 5.37. The fraction of sp³-hybridized carbons (Fsp3) is 0.286. The smallest absolute Gasteiger partial charge is 0.229 e. The zero-order valence-electron chi connectivity index (χ0n) is 16.2. The molecular weight excluding hydrogens is 389 g/mol. The number of piperidine rings is 1. The Morgan fingerprint density at radius 1 is 1.07 bits per heavy atom. The van der Waals surface area contributed by atoms with Gasteiger partial charge in [-0.05, 0) is 42.8 Å². The van der Waals surface area contributed by atoms with E-state index in [9.17, 15) is 18.8 Å². The van der Waals surface area contributed by atoms with E-state index in [4.69, 9.17) is 0 Å². The van der Waals surface area contributed by atoms with Crippen molar-refractivity contribution in [3.05, 3.63) is 59.9 Å². The second-order valence-electron chi connectivity index (χ2n) is 7.45. The van der Waals surface area contributed by atoms with E-state index in [1.54, 1.807) is 12.1 Å². The Morgan fingerprint density at radius 3 is 2.53 bits per heavy atom. The number of anilines is 2. The maximum absolute atomic E-state index is 13.1. The van der Waals surface area contributed by atoms with E-state index in [0.29, 0.717) is 11.4 Å². The molecule has 0 aliphatic carbocycles. The highest BCUT2D eigenvalue weighted by Gasteiger charge is 2.48. The molecule has 3 amide bonds. The van der Waals surface area contributed by atoms with Crippen LogP contribution >= 0.6 is 0 Å². The molecule has 2 aliphatic rings. The van der Waals surface area contributed by atoms with Crippen LogP contribution in [0.25, 0.3) is 0 Å². The molecule has 4 unspecified atom stereocenters. The van der Waals surface area contributed by atoms with Crippen LogP contribution in [0.5, 0.6) is 0 Å². The van der Waals surface area contributed by atoms with Crippen LogP contribution in [0, 0.1) is 24.6 Å². The van der Waals surface area contributed by atoms with Crippen molar-refractivity contribution in [2.24, 2.45) is 11.8 Å². The van der Waals surface area contributed by atoms with Gasteiger partial charge >= 0.3 is 0 Å². The molecule has 2 fully saturated rings. The second kappa shape index (κ2) is 8.11. The summed E-state index contributed by atoms with van der Waals surface area (Å²) in [6, 6.07) is 13.0. The number of halogens is 1. The van der Waals surface area contributed by atoms with E-state index >= 15 is 0 Å². The third-order valence-corrected chi connectivity index (χ3v) is 5.34. The highest BCUT2D eigenvalue weighted by atomic mass is 19.1. The maximum Gasteiger partial charge on any atom is 0.229 e. The van der Waals surface area contributed by atoms with Crippen LogP contribution in [0.15, 0.2) is 48.5 Å². The molecule has 2 aliphatic heterocycles. The van der Waals surface area contributed by atoms with Gasteiger partial charge in [-0.25, -0.2) is 4.39 Å². The summed E-state index contributed by atoms with van der Waals surface area (Å²) >= 11 is 0. The molecule has 4 rings (SSSR count). The molecule has 2 saturated heterocycles. The highest BCUT2D eigenvalue weighted by Crippen LogP contribution is 2.28. The number of nitrogens with one attached hydrogen (secondary N) is 5. The molecule has 2 aromatic carbocycles. The minimum atomic E-state index is -0.817. The third-order valence-electron chi connectivity index (χ3n) is 5.34. The lowest BCUT2D eigenvalue weighted by Gasteiger charge is -2.43. The van der Waals surface area contributed by atoms with Crippen LogP contribution < -0.4 is 26.6 Å². The molecule has 2 aromatic rings. The number of hydrogen-bond acceptors (Lipinski definition) is 5. The van der Waals surface area contributed by atoms with Gasteiger partial charge in [-0.15, -0.1) is 0 Å². The number of carbonyl (C=O) groups is 3. The normalized spacial score (nSPS) is 25.5. The number of fused-ring (bicyclic) bond motifs is 1. The lowest BCUT2D eigenvalue weighted by Crippen LogP contribution is -2.72. The van der Waals surface area contributed by atoms with Crippen LogP contribution in [-0.4, -0.2) is 30.2 Å². The van der Waals surface area contributed by atoms with Crippen molar-refractivity contribution in [3.8, 4) is 0 Å². The molecule has 0 aromatic heterocycles. The summed E-state index contributed by atoms with van der Waals surface area (Å²) in [6.07, 6.45) is -1.49. The summed E-state index contributed by atoms with van der Waals surface area (Å²) < 4.78 is 13.1. The Hall–Kier alpha value is -3.46. The molecule has 0 bridgehead atoms. The van der Waals surface area contributed by atoms with E-state index in [0.717, 1.165) is 5.56 Å². The number of carbonyl (C=O) groups excluding carboxylic acids is 3. The van der Waals surface area contributed by atoms with Crippen molar-refractivity contribution in [3.63, 3.8) is 0 Å². The first kappa shape index (κ1) is 19.8. The number of hydrogen-bond donors (Lipinski definition) is 5. The number of benzene rings is 2. The third kappa shape index (κ3) is 4.11. The van der Waals surface area contributed by atoms with Gasteiger partial charge in [0.1, 0.15) is 5.82 Å². The minimum absolute atomic E-state index is 0.0793. The largest absolute Gasteiger partial charge is 0.353 e. The molecule has 0 spiro atoms. The van der Waals surface area contributed by atoms with Gasteiger partial charge in [0, 0.05) is 17.8 Å². The van der Waals surface area contributed by atoms with Gasteiger partial charge < -0.3 is 21.3 Å². The first-order valence-electron chi connectivity index (χ1n) is 9.65. The Bertz CT molecular complexity index is 981. The average molecular weight is 411 g/mol. The Balaban J connectivity index is 1.49. The van der Waals surface area contributed by atoms with Crippen LogP contribution in [0.4, 0.5) is 15.8 Å². The number of aryl methyl sites for hydroxylation is 1. The summed E-state index contributed by atoms with van der Waals surface area (Å²) in [5, 5.41) is 14.4. The topological polar surface area (TPSA) is 111 Å². The maximum atomic E-state index is 13.1. The summed E-state index contributed by atoms with van der Waals surface area (Å²) in [5.41, 5.74) is 2.12. The molecule has 8 nitrogen and oxygen atoms in total. The van der Waals surface area contributed by atoms with Crippen molar-refractivity contribution in [1.29, 1.82) is 0 Å². The Morgan fingerprint density at radius 2 is 1.80 bits per heavy atom. The zero-order valence-corrected chi connectivity index (χ0v) is 16.2. The molecule has 0 saturated carbocycles. The van der Waals surface area contributed by atoms with Crippen LogP contribution in [0.2, 0.25) is 0 Å². The molecule has 5 N–H and O–H groups in total. The summed E-state index contributed by atoms with van der Waals surface area (Å²) in [6.45, 7) is 1.87. The molecule has 9 heteroatoms. The quantitative estimate of drug-likeness (QED) is 0.520. The predicted molar refractivity (Wildman–Crippen MR) is 108 cm³/mol. The minimum Gasteiger partial charge on any atom is -0.353 e. The van der Waals surface area contributed by atoms with E-state index in [1.165, 1.54) is 24.3 Å². The lowest BCUT2D eigenvalue weighted by atomic mass is 9.81. The fourth-order valence-electron chi connectivity index (χ4n) is 3.81. The van der Waals surface area contributed by atoms with Gasteiger partial charge in [-0.1, -0.05) is 18.2 Å². The van der Waals surface area contributed by atoms with Gasteiger partial charge in [0.05, 0.1) is 18.0 Å². The van der Waals surface area contributed by atoms with Gasteiger partial charge in [-0.3, -0.25) is 19.7 Å². The van der Waals surface area contributed by atoms with Crippen molar-refractivity contribution in [2.75, 3.05) is 10.6 Å². The van der Waals surface area contributed by atoms with E-state index < -0.39 is 24.3 Å². The summed E-state index contributed by atoms with van der Waals surface area (Å²) in [4.78, 5) is 38.0. The van der Waals surface area contributed by atoms with Gasteiger partial charge in [0.25, 0.3) is 0 Å². The van der Waals surface area contributed by atoms with Crippen molar-refractivity contribution < 1.29 is 18.8 Å². The summed E-state index contributed by atoms with van der Waals surface area (Å²) in [7, 11) is 0. The van der Waals surface area contributed by atoms with Crippen LogP contribution in [0.3, 0.4) is 0 Å². The fourth-order valence-corrected chi connectivity index (χ4v) is 3.81. The number of amides is 3. The predicted octanol–water partition coefficient (Wildman–Crippen LogP) is 1.27. The van der Waals surface area contributed by atoms with E-state index in [1.807, 2.05) is 19.1 Å². The highest BCUT2D eigenvalue weighted by molar-refractivity contribution is 6.00. The summed E-state index contributed by atoms with van der Waals surface area (Å²) in [5.74, 6) is -3.01. The molecule has 156 valence electrons. The second-order valence-corrected chi connectivity index (χ2v) is 7.45. The number of rotatable bonds is 4. The first-order valence-corrected chi connectivity index (χ1v) is 9.65. The standard InChI is InChI=1S/C21H22FN5O3/c1-11-4-2-3-5-15(11)24-19(29)14-10-16(28)25-18-17(14)20(30)27-21(26-18)23-13-8-6-12(22)7-9-13/h2-9,14,17-18,21,23,26H,10H2,1H3,(H,24,29)(H,25,28)(H,27,30). The van der Waals surface area contributed by atoms with E-state index in [2.05, 4.69) is 26.6 Å². The monoisotopic (exact) mass is 411 g/mol. The number of para-hydroxylation sites is 1. The SMILES string of the molecule is Cc1ccccc1NC(=O)C1CC(=O)NC2NC(Nc3ccc(F)cc3)NC(=O)C21. The van der Waals surface area contributed by atoms with Crippen molar-refractivity contribution in [2.45, 2.75) is 25.8 Å². The van der Waals surface area contributed by atoms with Crippen LogP contribution in [-0.2, 0) is 14.4 Å². The molecular formula is C21H22FN5O3. The molecule has 30 heavy (non-hydrogen) atoms. The van der Waals surface area contributed by atoms with Crippen molar-refractivity contribution >= 4 is 29.1 Å².